The number of carbonyl (C=O) groups excluding carboxylic acids is 3. The van der Waals surface area contributed by atoms with Gasteiger partial charge in [0.1, 0.15) is 5.41 Å². The number of nitrogens with one attached hydrogen (secondary N) is 1. The fourth-order valence-electron chi connectivity index (χ4n) is 3.69. The fraction of sp³-hybridized carbons (Fsp3) is 0.241. The molecule has 0 saturated heterocycles. The molecule has 2 aromatic carbocycles. The van der Waals surface area contributed by atoms with Crippen LogP contribution in [0.3, 0.4) is 0 Å². The van der Waals surface area contributed by atoms with Gasteiger partial charge >= 0.3 is 0 Å². The van der Waals surface area contributed by atoms with Crippen molar-refractivity contribution in [3.05, 3.63) is 71.3 Å². The van der Waals surface area contributed by atoms with E-state index in [0.29, 0.717) is 39.3 Å². The Labute approximate surface area is 231 Å². The van der Waals surface area contributed by atoms with Crippen LogP contribution in [0.5, 0.6) is 23.0 Å². The summed E-state index contributed by atoms with van der Waals surface area (Å²) in [5.74, 6) is 0.494. The van der Waals surface area contributed by atoms with Gasteiger partial charge in [-0.2, -0.15) is 0 Å². The summed E-state index contributed by atoms with van der Waals surface area (Å²) in [6, 6.07) is 10.3. The average molecular weight is 551 g/mol. The van der Waals surface area contributed by atoms with Gasteiger partial charge in [-0.15, -0.1) is 11.3 Å². The molecular formula is C29H30N2O7S. The van der Waals surface area contributed by atoms with Gasteiger partial charge < -0.3 is 24.3 Å². The Bertz CT molecular complexity index is 1300. The van der Waals surface area contributed by atoms with Gasteiger partial charge in [-0.1, -0.05) is 24.3 Å². The van der Waals surface area contributed by atoms with Crippen LogP contribution in [0, 0.1) is 5.41 Å². The largest absolute Gasteiger partial charge is 0.493 e. The van der Waals surface area contributed by atoms with Crippen LogP contribution in [-0.2, 0) is 14.4 Å². The molecule has 9 nitrogen and oxygen atoms in total. The lowest BCUT2D eigenvalue weighted by atomic mass is 9.77. The van der Waals surface area contributed by atoms with E-state index in [1.165, 1.54) is 58.9 Å². The average Bonchev–Trinajstić information content (AvgIpc) is 3.46. The molecule has 1 aromatic heterocycles. The number of amides is 1. The Morgan fingerprint density at radius 1 is 0.821 bits per heavy atom. The highest BCUT2D eigenvalue weighted by molar-refractivity contribution is 7.13. The minimum absolute atomic E-state index is 0.378. The second-order valence-electron chi connectivity index (χ2n) is 8.52. The predicted octanol–water partition coefficient (Wildman–Crippen LogP) is 5.08. The van der Waals surface area contributed by atoms with E-state index in [1.807, 2.05) is 0 Å². The molecule has 39 heavy (non-hydrogen) atoms. The topological polar surface area (TPSA) is 113 Å². The number of ether oxygens (including phenoxy) is 4. The van der Waals surface area contributed by atoms with Crippen LogP contribution in [0.1, 0.15) is 24.5 Å². The summed E-state index contributed by atoms with van der Waals surface area (Å²) in [5, 5.41) is 4.74. The number of ketones is 2. The maximum atomic E-state index is 13.5. The molecule has 1 amide bonds. The lowest BCUT2D eigenvalue weighted by molar-refractivity contribution is -0.138. The number of hydrogen-bond acceptors (Lipinski definition) is 9. The summed E-state index contributed by atoms with van der Waals surface area (Å²) in [6.07, 6.45) is 6.88. The van der Waals surface area contributed by atoms with Crippen LogP contribution in [0.25, 0.3) is 12.2 Å². The van der Waals surface area contributed by atoms with Crippen LogP contribution in [-0.4, -0.2) is 50.9 Å². The molecule has 0 atom stereocenters. The molecule has 0 bridgehead atoms. The molecule has 1 heterocycles. The van der Waals surface area contributed by atoms with E-state index in [-0.39, 0.29) is 6.42 Å². The Hall–Kier alpha value is -4.44. The first-order chi connectivity index (χ1) is 18.7. The third-order valence-electron chi connectivity index (χ3n) is 5.95. The number of hydrogen-bond donors (Lipinski definition) is 1. The second-order valence-corrected chi connectivity index (χ2v) is 9.41. The van der Waals surface area contributed by atoms with Crippen molar-refractivity contribution in [2.75, 3.05) is 33.8 Å². The predicted molar refractivity (Wildman–Crippen MR) is 151 cm³/mol. The quantitative estimate of drug-likeness (QED) is 0.232. The zero-order valence-corrected chi connectivity index (χ0v) is 23.2. The summed E-state index contributed by atoms with van der Waals surface area (Å²) in [4.78, 5) is 43.8. The summed E-state index contributed by atoms with van der Waals surface area (Å²) < 4.78 is 21.1. The fourth-order valence-corrected chi connectivity index (χ4v) is 4.24. The smallest absolute Gasteiger partial charge is 0.227 e. The van der Waals surface area contributed by atoms with Crippen molar-refractivity contribution in [2.24, 2.45) is 5.41 Å². The molecule has 10 heteroatoms. The van der Waals surface area contributed by atoms with E-state index in [2.05, 4.69) is 10.3 Å². The molecule has 204 valence electrons. The van der Waals surface area contributed by atoms with Gasteiger partial charge in [-0.05, 0) is 54.5 Å². The van der Waals surface area contributed by atoms with E-state index < -0.39 is 22.9 Å². The number of thiazole rings is 1. The van der Waals surface area contributed by atoms with Gasteiger partial charge in [-0.3, -0.25) is 14.4 Å². The maximum absolute atomic E-state index is 13.5. The first kappa shape index (κ1) is 29.1. The van der Waals surface area contributed by atoms with Crippen LogP contribution in [0.2, 0.25) is 0 Å². The summed E-state index contributed by atoms with van der Waals surface area (Å²) >= 11 is 1.24. The molecule has 3 aromatic rings. The number of nitrogens with zero attached hydrogens (tertiary/aromatic N) is 1. The van der Waals surface area contributed by atoms with Crippen molar-refractivity contribution in [3.63, 3.8) is 0 Å². The number of anilines is 1. The number of allylic oxidation sites excluding steroid dienone is 2. The van der Waals surface area contributed by atoms with Crippen LogP contribution in [0.15, 0.2) is 60.1 Å². The normalized spacial score (nSPS) is 11.4. The van der Waals surface area contributed by atoms with E-state index in [4.69, 9.17) is 18.9 Å². The van der Waals surface area contributed by atoms with Crippen molar-refractivity contribution in [1.29, 1.82) is 0 Å². The molecular weight excluding hydrogens is 520 g/mol. The standard InChI is InChI=1S/C29H30N2O7S/c1-29(18-27(34)31-28-30-14-15-39-28,25(32)12-8-19-6-10-21(35-2)23(16-19)37-4)26(33)13-9-20-7-11-22(36-3)24(17-20)38-5/h6-17H,18H2,1-5H3,(H,30,31,34)/b12-8+,13-9+. The van der Waals surface area contributed by atoms with Crippen LogP contribution in [0.4, 0.5) is 5.13 Å². The molecule has 0 saturated carbocycles. The van der Waals surface area contributed by atoms with Gasteiger partial charge in [0.2, 0.25) is 5.91 Å². The minimum atomic E-state index is -1.68. The van der Waals surface area contributed by atoms with E-state index in [1.54, 1.807) is 60.1 Å². The Morgan fingerprint density at radius 3 is 1.72 bits per heavy atom. The molecule has 0 aliphatic rings. The highest BCUT2D eigenvalue weighted by atomic mass is 32.1. The molecule has 0 unspecified atom stereocenters. The number of rotatable bonds is 13. The molecule has 3 rings (SSSR count). The zero-order chi connectivity index (χ0) is 28.4. The highest BCUT2D eigenvalue weighted by Gasteiger charge is 2.40. The Morgan fingerprint density at radius 2 is 1.31 bits per heavy atom. The van der Waals surface area contributed by atoms with Crippen LogP contribution < -0.4 is 24.3 Å². The van der Waals surface area contributed by atoms with Gasteiger partial charge in [-0.25, -0.2) is 4.98 Å². The van der Waals surface area contributed by atoms with Crippen molar-refractivity contribution >= 4 is 46.1 Å². The van der Waals surface area contributed by atoms with Crippen LogP contribution >= 0.6 is 11.3 Å². The van der Waals surface area contributed by atoms with Gasteiger partial charge in [0.05, 0.1) is 28.4 Å². The lowest BCUT2D eigenvalue weighted by Gasteiger charge is -2.23. The molecule has 0 aliphatic heterocycles. The van der Waals surface area contributed by atoms with Gasteiger partial charge in [0.15, 0.2) is 39.7 Å². The first-order valence-corrected chi connectivity index (χ1v) is 12.7. The number of methoxy groups -OCH3 is 4. The van der Waals surface area contributed by atoms with Gasteiger partial charge in [0, 0.05) is 18.0 Å². The molecule has 1 N–H and O–H groups in total. The first-order valence-electron chi connectivity index (χ1n) is 11.8. The zero-order valence-electron chi connectivity index (χ0n) is 22.3. The van der Waals surface area contributed by atoms with E-state index in [0.717, 1.165) is 0 Å². The summed E-state index contributed by atoms with van der Waals surface area (Å²) in [6.45, 7) is 1.46. The third kappa shape index (κ3) is 7.32. The molecule has 0 radical (unpaired) electrons. The highest BCUT2D eigenvalue weighted by Crippen LogP contribution is 2.31. The maximum Gasteiger partial charge on any atom is 0.227 e. The monoisotopic (exact) mass is 550 g/mol. The molecule has 0 aliphatic carbocycles. The van der Waals surface area contributed by atoms with Crippen molar-refractivity contribution in [3.8, 4) is 23.0 Å². The van der Waals surface area contributed by atoms with Crippen molar-refractivity contribution in [1.82, 2.24) is 4.98 Å². The SMILES string of the molecule is COc1ccc(/C=C/C(=O)C(C)(CC(=O)Nc2nccs2)C(=O)/C=C/c2ccc(OC)c(OC)c2)cc1OC. The van der Waals surface area contributed by atoms with Crippen molar-refractivity contribution < 1.29 is 33.3 Å². The summed E-state index contributed by atoms with van der Waals surface area (Å²) in [7, 11) is 6.08. The van der Waals surface area contributed by atoms with Gasteiger partial charge in [0.25, 0.3) is 0 Å². The summed E-state index contributed by atoms with van der Waals surface area (Å²) in [5.41, 5.74) is -0.366. The second kappa shape index (κ2) is 13.4. The molecule has 0 spiro atoms. The van der Waals surface area contributed by atoms with E-state index in [9.17, 15) is 14.4 Å². The third-order valence-corrected chi connectivity index (χ3v) is 6.64. The van der Waals surface area contributed by atoms with Crippen molar-refractivity contribution in [2.45, 2.75) is 13.3 Å². The van der Waals surface area contributed by atoms with E-state index >= 15 is 0 Å². The number of aromatic nitrogens is 1. The minimum Gasteiger partial charge on any atom is -0.493 e. The Balaban J connectivity index is 1.89. The lowest BCUT2D eigenvalue weighted by Crippen LogP contribution is -2.38. The number of benzene rings is 2. The number of carbonyl (C=O) groups is 3. The molecule has 0 fully saturated rings. The Kier molecular flexibility index (Phi) is 9.99.